The van der Waals surface area contributed by atoms with Crippen molar-refractivity contribution in [3.05, 3.63) is 35.4 Å². The maximum absolute atomic E-state index is 11.9. The SMILES string of the molecule is Cc1ccc(C(C)(C)CNC(=O)N[C@H]2CCS(=O)(=O)C2)cc1. The molecule has 1 aromatic carbocycles. The van der Waals surface area contributed by atoms with Gasteiger partial charge in [0.25, 0.3) is 0 Å². The predicted octanol–water partition coefficient (Wildman–Crippen LogP) is 1.76. The highest BCUT2D eigenvalue weighted by Crippen LogP contribution is 2.22. The summed E-state index contributed by atoms with van der Waals surface area (Å²) in [6.07, 6.45) is 0.497. The Morgan fingerprint density at radius 3 is 2.45 bits per heavy atom. The summed E-state index contributed by atoms with van der Waals surface area (Å²) in [6, 6.07) is 7.67. The topological polar surface area (TPSA) is 75.3 Å². The van der Waals surface area contributed by atoms with Crippen LogP contribution in [0, 0.1) is 6.92 Å². The number of hydrogen-bond donors (Lipinski definition) is 2. The first kappa shape index (κ1) is 16.8. The van der Waals surface area contributed by atoms with Gasteiger partial charge in [-0.25, -0.2) is 13.2 Å². The van der Waals surface area contributed by atoms with Crippen LogP contribution in [0.25, 0.3) is 0 Å². The maximum Gasteiger partial charge on any atom is 0.315 e. The third kappa shape index (κ3) is 4.47. The van der Waals surface area contributed by atoms with Crippen LogP contribution in [0.15, 0.2) is 24.3 Å². The lowest BCUT2D eigenvalue weighted by Crippen LogP contribution is -2.46. The van der Waals surface area contributed by atoms with E-state index >= 15 is 0 Å². The number of carbonyl (C=O) groups is 1. The quantitative estimate of drug-likeness (QED) is 0.886. The van der Waals surface area contributed by atoms with E-state index in [0.717, 1.165) is 5.56 Å². The van der Waals surface area contributed by atoms with E-state index in [1.54, 1.807) is 0 Å². The summed E-state index contributed by atoms with van der Waals surface area (Å²) in [6.45, 7) is 6.66. The molecule has 1 saturated heterocycles. The average molecular weight is 324 g/mol. The Balaban J connectivity index is 1.86. The number of rotatable bonds is 4. The normalized spacial score (nSPS) is 20.6. The molecule has 1 aliphatic heterocycles. The van der Waals surface area contributed by atoms with Gasteiger partial charge in [0.05, 0.1) is 11.5 Å². The summed E-state index contributed by atoms with van der Waals surface area (Å²) in [5.41, 5.74) is 2.17. The van der Waals surface area contributed by atoms with Gasteiger partial charge in [0, 0.05) is 18.0 Å². The summed E-state index contributed by atoms with van der Waals surface area (Å²) >= 11 is 0. The van der Waals surface area contributed by atoms with Gasteiger partial charge in [-0.2, -0.15) is 0 Å². The Labute approximate surface area is 132 Å². The maximum atomic E-state index is 11.9. The van der Waals surface area contributed by atoms with Gasteiger partial charge in [0.15, 0.2) is 9.84 Å². The lowest BCUT2D eigenvalue weighted by Gasteiger charge is -2.26. The van der Waals surface area contributed by atoms with Crippen LogP contribution in [0.5, 0.6) is 0 Å². The first-order valence-electron chi connectivity index (χ1n) is 7.50. The number of sulfone groups is 1. The number of urea groups is 1. The Morgan fingerprint density at radius 1 is 1.27 bits per heavy atom. The van der Waals surface area contributed by atoms with Crippen molar-refractivity contribution < 1.29 is 13.2 Å². The van der Waals surface area contributed by atoms with Gasteiger partial charge in [-0.15, -0.1) is 0 Å². The highest BCUT2D eigenvalue weighted by molar-refractivity contribution is 7.91. The molecule has 0 radical (unpaired) electrons. The van der Waals surface area contributed by atoms with E-state index in [-0.39, 0.29) is 29.0 Å². The molecule has 2 amide bonds. The molecule has 0 spiro atoms. The standard InChI is InChI=1S/C16H24N2O3S/c1-12-4-6-13(7-5-12)16(2,3)11-17-15(19)18-14-8-9-22(20,21)10-14/h4-7,14H,8-11H2,1-3H3,(H2,17,18,19)/t14-/m0/s1. The summed E-state index contributed by atoms with van der Waals surface area (Å²) < 4.78 is 22.8. The zero-order valence-corrected chi connectivity index (χ0v) is 14.2. The van der Waals surface area contributed by atoms with Gasteiger partial charge in [0.1, 0.15) is 0 Å². The van der Waals surface area contributed by atoms with Gasteiger partial charge in [-0.05, 0) is 18.9 Å². The first-order valence-corrected chi connectivity index (χ1v) is 9.32. The molecule has 0 aromatic heterocycles. The summed E-state index contributed by atoms with van der Waals surface area (Å²) in [4.78, 5) is 11.9. The van der Waals surface area contributed by atoms with Gasteiger partial charge < -0.3 is 10.6 Å². The Hall–Kier alpha value is -1.56. The monoisotopic (exact) mass is 324 g/mol. The number of nitrogens with one attached hydrogen (secondary N) is 2. The fourth-order valence-electron chi connectivity index (χ4n) is 2.55. The highest BCUT2D eigenvalue weighted by atomic mass is 32.2. The molecule has 5 nitrogen and oxygen atoms in total. The largest absolute Gasteiger partial charge is 0.337 e. The molecular weight excluding hydrogens is 300 g/mol. The Kier molecular flexibility index (Phi) is 4.80. The number of benzene rings is 1. The first-order chi connectivity index (χ1) is 10.2. The summed E-state index contributed by atoms with van der Waals surface area (Å²) in [5.74, 6) is 0.203. The minimum absolute atomic E-state index is 0.0434. The van der Waals surface area contributed by atoms with Gasteiger partial charge >= 0.3 is 6.03 Å². The Bertz CT molecular complexity index is 636. The molecule has 0 unspecified atom stereocenters. The second kappa shape index (κ2) is 6.28. The van der Waals surface area contributed by atoms with Crippen LogP contribution in [-0.2, 0) is 15.3 Å². The third-order valence-corrected chi connectivity index (χ3v) is 5.86. The van der Waals surface area contributed by atoms with E-state index in [1.807, 2.05) is 6.92 Å². The number of carbonyl (C=O) groups excluding carboxylic acids is 1. The van der Waals surface area contributed by atoms with Crippen molar-refractivity contribution in [2.45, 2.75) is 38.6 Å². The summed E-state index contributed by atoms with van der Waals surface area (Å²) in [7, 11) is -2.97. The van der Waals surface area contributed by atoms with Gasteiger partial charge in [-0.1, -0.05) is 43.7 Å². The van der Waals surface area contributed by atoms with E-state index in [2.05, 4.69) is 48.7 Å². The Morgan fingerprint density at radius 2 is 1.91 bits per heavy atom. The lowest BCUT2D eigenvalue weighted by molar-refractivity contribution is 0.235. The molecule has 1 aromatic rings. The molecule has 2 rings (SSSR count). The van der Waals surface area contributed by atoms with Crippen LogP contribution in [-0.4, -0.2) is 38.5 Å². The van der Waals surface area contributed by atoms with Crippen LogP contribution in [0.2, 0.25) is 0 Å². The van der Waals surface area contributed by atoms with Crippen LogP contribution < -0.4 is 10.6 Å². The predicted molar refractivity (Wildman–Crippen MR) is 87.8 cm³/mol. The van der Waals surface area contributed by atoms with E-state index in [9.17, 15) is 13.2 Å². The zero-order chi connectivity index (χ0) is 16.4. The molecular formula is C16H24N2O3S. The van der Waals surface area contributed by atoms with Crippen molar-refractivity contribution in [3.63, 3.8) is 0 Å². The van der Waals surface area contributed by atoms with Crippen molar-refractivity contribution in [2.24, 2.45) is 0 Å². The average Bonchev–Trinajstić information content (AvgIpc) is 2.76. The fourth-order valence-corrected chi connectivity index (χ4v) is 4.23. The van der Waals surface area contributed by atoms with Crippen LogP contribution in [0.3, 0.4) is 0 Å². The molecule has 1 aliphatic rings. The lowest BCUT2D eigenvalue weighted by atomic mass is 9.84. The van der Waals surface area contributed by atoms with Crippen molar-refractivity contribution in [1.29, 1.82) is 0 Å². The fraction of sp³-hybridized carbons (Fsp3) is 0.562. The van der Waals surface area contributed by atoms with Crippen molar-refractivity contribution in [2.75, 3.05) is 18.1 Å². The minimum atomic E-state index is -2.97. The number of hydrogen-bond acceptors (Lipinski definition) is 3. The highest BCUT2D eigenvalue weighted by Gasteiger charge is 2.29. The van der Waals surface area contributed by atoms with Crippen LogP contribution in [0.1, 0.15) is 31.4 Å². The van der Waals surface area contributed by atoms with E-state index in [1.165, 1.54) is 5.56 Å². The second-order valence-corrected chi connectivity index (χ2v) is 8.91. The molecule has 0 saturated carbocycles. The van der Waals surface area contributed by atoms with Gasteiger partial charge in [0.2, 0.25) is 0 Å². The van der Waals surface area contributed by atoms with E-state index in [4.69, 9.17) is 0 Å². The molecule has 22 heavy (non-hydrogen) atoms. The molecule has 1 atom stereocenters. The molecule has 1 heterocycles. The van der Waals surface area contributed by atoms with Gasteiger partial charge in [-0.3, -0.25) is 0 Å². The second-order valence-electron chi connectivity index (χ2n) is 6.68. The van der Waals surface area contributed by atoms with E-state index in [0.29, 0.717) is 13.0 Å². The molecule has 1 fully saturated rings. The molecule has 0 bridgehead atoms. The molecule has 0 aliphatic carbocycles. The summed E-state index contributed by atoms with van der Waals surface area (Å²) in [5, 5.41) is 5.58. The minimum Gasteiger partial charge on any atom is -0.337 e. The molecule has 6 heteroatoms. The van der Waals surface area contributed by atoms with Crippen molar-refractivity contribution >= 4 is 15.9 Å². The zero-order valence-electron chi connectivity index (χ0n) is 13.3. The van der Waals surface area contributed by atoms with Crippen molar-refractivity contribution in [3.8, 4) is 0 Å². The molecule has 2 N–H and O–H groups in total. The molecule has 122 valence electrons. The smallest absolute Gasteiger partial charge is 0.315 e. The third-order valence-electron chi connectivity index (χ3n) is 4.09. The van der Waals surface area contributed by atoms with Crippen LogP contribution >= 0.6 is 0 Å². The van der Waals surface area contributed by atoms with E-state index < -0.39 is 9.84 Å². The van der Waals surface area contributed by atoms with Crippen LogP contribution in [0.4, 0.5) is 4.79 Å². The number of aryl methyl sites for hydroxylation is 1. The van der Waals surface area contributed by atoms with Crippen molar-refractivity contribution in [1.82, 2.24) is 10.6 Å². The number of amides is 2.